The summed E-state index contributed by atoms with van der Waals surface area (Å²) in [6.07, 6.45) is 4.06. The third-order valence-electron chi connectivity index (χ3n) is 5.88. The fraction of sp³-hybridized carbons (Fsp3) is 0.148. The minimum Gasteiger partial charge on any atom is -0.261 e. The van der Waals surface area contributed by atoms with Gasteiger partial charge in [0, 0.05) is 11.9 Å². The third kappa shape index (κ3) is 4.08. The topological polar surface area (TPSA) is 12.9 Å². The number of aromatic nitrogens is 1. The lowest BCUT2D eigenvalue weighted by atomic mass is 10.1. The molecule has 0 bridgehead atoms. The van der Waals surface area contributed by atoms with Crippen molar-refractivity contribution in [2.24, 2.45) is 0 Å². The maximum absolute atomic E-state index is 4.63. The van der Waals surface area contributed by atoms with Crippen molar-refractivity contribution in [2.75, 3.05) is 0 Å². The molecule has 0 spiro atoms. The van der Waals surface area contributed by atoms with E-state index in [1.54, 1.807) is 0 Å². The fourth-order valence-electron chi connectivity index (χ4n) is 4.40. The first kappa shape index (κ1) is 19.3. The lowest BCUT2D eigenvalue weighted by Gasteiger charge is -2.34. The number of hydrogen-bond acceptors (Lipinski definition) is 1. The molecule has 144 valence electrons. The van der Waals surface area contributed by atoms with Gasteiger partial charge in [-0.3, -0.25) is 4.98 Å². The molecule has 0 amide bonds. The molecule has 0 atom stereocenters. The molecule has 0 aliphatic heterocycles. The molecule has 0 N–H and O–H groups in total. The molecule has 3 aromatic carbocycles. The third-order valence-corrected chi connectivity index (χ3v) is 10.9. The first-order valence-electron chi connectivity index (χ1n) is 10.4. The van der Waals surface area contributed by atoms with E-state index in [1.807, 2.05) is 12.3 Å². The number of nitrogens with zero attached hydrogens (tertiary/aromatic N) is 1. The monoisotopic (exact) mass is 393 g/mol. The van der Waals surface area contributed by atoms with E-state index in [0.717, 1.165) is 12.8 Å². The summed E-state index contributed by atoms with van der Waals surface area (Å²) in [5.74, 6) is 0. The highest BCUT2D eigenvalue weighted by atomic mass is 28.3. The number of aryl methyl sites for hydroxylation is 2. The maximum Gasteiger partial charge on any atom is 0.148 e. The van der Waals surface area contributed by atoms with E-state index < -0.39 is 8.07 Å². The molecule has 4 rings (SSSR count). The van der Waals surface area contributed by atoms with Crippen LogP contribution in [0.3, 0.4) is 0 Å². The van der Waals surface area contributed by atoms with E-state index in [4.69, 9.17) is 0 Å². The first-order chi connectivity index (χ1) is 14.3. The first-order valence-corrected chi connectivity index (χ1v) is 12.6. The largest absolute Gasteiger partial charge is 0.261 e. The normalized spacial score (nSPS) is 11.3. The molecule has 1 aromatic heterocycles. The van der Waals surface area contributed by atoms with Gasteiger partial charge in [0.2, 0.25) is 0 Å². The van der Waals surface area contributed by atoms with Crippen LogP contribution in [0.15, 0.2) is 109 Å². The number of pyridine rings is 1. The summed E-state index contributed by atoms with van der Waals surface area (Å²) in [6, 6.07) is 38.8. The molecule has 0 radical (unpaired) electrons. The minimum absolute atomic E-state index is 1.02. The molecule has 0 unspecified atom stereocenters. The lowest BCUT2D eigenvalue weighted by molar-refractivity contribution is 0.862. The van der Waals surface area contributed by atoms with E-state index in [-0.39, 0.29) is 0 Å². The van der Waals surface area contributed by atoms with Crippen LogP contribution in [0.25, 0.3) is 0 Å². The molecule has 0 saturated carbocycles. The summed E-state index contributed by atoms with van der Waals surface area (Å²) < 4.78 is 0. The van der Waals surface area contributed by atoms with Crippen molar-refractivity contribution >= 4 is 23.6 Å². The Kier molecular flexibility index (Phi) is 6.02. The molecule has 1 heterocycles. The Bertz CT molecular complexity index is 933. The van der Waals surface area contributed by atoms with Crippen molar-refractivity contribution in [3.63, 3.8) is 0 Å². The average Bonchev–Trinajstić information content (AvgIpc) is 2.80. The van der Waals surface area contributed by atoms with Crippen molar-refractivity contribution in [1.82, 2.24) is 4.98 Å². The standard InChI is InChI=1S/C27H27NSi/c1-23-13-11-21-28-27(23)20-12-22-29(24-14-5-2-6-15-24,25-16-7-3-8-17-25)26-18-9-4-10-19-26/h2-11,13-19,21H,12,20,22H2,1H3. The Morgan fingerprint density at radius 3 is 1.55 bits per heavy atom. The van der Waals surface area contributed by atoms with Crippen molar-refractivity contribution in [1.29, 1.82) is 0 Å². The molecule has 0 aliphatic rings. The number of hydrogen-bond donors (Lipinski definition) is 0. The van der Waals surface area contributed by atoms with Gasteiger partial charge >= 0.3 is 0 Å². The lowest BCUT2D eigenvalue weighted by Crippen LogP contribution is -2.66. The van der Waals surface area contributed by atoms with Crippen LogP contribution in [0.5, 0.6) is 0 Å². The van der Waals surface area contributed by atoms with Gasteiger partial charge in [-0.2, -0.15) is 0 Å². The van der Waals surface area contributed by atoms with Crippen LogP contribution in [0.4, 0.5) is 0 Å². The van der Waals surface area contributed by atoms with E-state index in [1.165, 1.54) is 32.9 Å². The van der Waals surface area contributed by atoms with Crippen LogP contribution < -0.4 is 15.6 Å². The molecule has 2 heteroatoms. The maximum atomic E-state index is 4.63. The summed E-state index contributed by atoms with van der Waals surface area (Å²) in [7, 11) is -2.12. The highest BCUT2D eigenvalue weighted by Crippen LogP contribution is 2.18. The second-order valence-electron chi connectivity index (χ2n) is 7.62. The smallest absolute Gasteiger partial charge is 0.148 e. The summed E-state index contributed by atoms with van der Waals surface area (Å²) in [5.41, 5.74) is 2.52. The summed E-state index contributed by atoms with van der Waals surface area (Å²) >= 11 is 0. The Morgan fingerprint density at radius 1 is 0.621 bits per heavy atom. The Hall–Kier alpha value is -2.97. The van der Waals surface area contributed by atoms with Crippen LogP contribution in [0.2, 0.25) is 6.04 Å². The van der Waals surface area contributed by atoms with Gasteiger partial charge in [0.25, 0.3) is 0 Å². The summed E-state index contributed by atoms with van der Waals surface area (Å²) in [5, 5.41) is 4.44. The van der Waals surface area contributed by atoms with Crippen LogP contribution >= 0.6 is 0 Å². The quantitative estimate of drug-likeness (QED) is 0.333. The van der Waals surface area contributed by atoms with Gasteiger partial charge in [-0.25, -0.2) is 0 Å². The number of rotatable bonds is 7. The van der Waals surface area contributed by atoms with Crippen molar-refractivity contribution < 1.29 is 0 Å². The van der Waals surface area contributed by atoms with Gasteiger partial charge in [-0.05, 0) is 53.0 Å². The van der Waals surface area contributed by atoms with Crippen molar-refractivity contribution in [3.8, 4) is 0 Å². The molecule has 1 nitrogen and oxygen atoms in total. The minimum atomic E-state index is -2.12. The van der Waals surface area contributed by atoms with Gasteiger partial charge in [0.1, 0.15) is 8.07 Å². The van der Waals surface area contributed by atoms with Gasteiger partial charge in [-0.1, -0.05) is 97.1 Å². The zero-order valence-electron chi connectivity index (χ0n) is 17.0. The average molecular weight is 394 g/mol. The van der Waals surface area contributed by atoms with Crippen LogP contribution in [0, 0.1) is 6.92 Å². The summed E-state index contributed by atoms with van der Waals surface area (Å²) in [4.78, 5) is 4.63. The zero-order chi connectivity index (χ0) is 19.9. The molecular formula is C27H27NSi. The van der Waals surface area contributed by atoms with E-state index in [2.05, 4.69) is 109 Å². The van der Waals surface area contributed by atoms with E-state index >= 15 is 0 Å². The van der Waals surface area contributed by atoms with Gasteiger partial charge < -0.3 is 0 Å². The predicted molar refractivity (Wildman–Crippen MR) is 126 cm³/mol. The van der Waals surface area contributed by atoms with Crippen LogP contribution in [0.1, 0.15) is 17.7 Å². The number of benzene rings is 3. The predicted octanol–water partition coefficient (Wildman–Crippen LogP) is 4.49. The van der Waals surface area contributed by atoms with Crippen molar-refractivity contribution in [3.05, 3.63) is 121 Å². The highest BCUT2D eigenvalue weighted by molar-refractivity contribution is 7.11. The SMILES string of the molecule is Cc1cccnc1CCC[Si](c1ccccc1)(c1ccccc1)c1ccccc1. The molecule has 0 saturated heterocycles. The Morgan fingerprint density at radius 2 is 1.10 bits per heavy atom. The Balaban J connectivity index is 1.78. The fourth-order valence-corrected chi connectivity index (χ4v) is 9.26. The Labute approximate surface area is 175 Å². The molecular weight excluding hydrogens is 366 g/mol. The van der Waals surface area contributed by atoms with Crippen LogP contribution in [-0.4, -0.2) is 13.1 Å². The van der Waals surface area contributed by atoms with Crippen molar-refractivity contribution in [2.45, 2.75) is 25.8 Å². The molecule has 0 fully saturated rings. The highest BCUT2D eigenvalue weighted by Gasteiger charge is 2.38. The van der Waals surface area contributed by atoms with Gasteiger partial charge in [0.05, 0.1) is 0 Å². The molecule has 29 heavy (non-hydrogen) atoms. The van der Waals surface area contributed by atoms with Gasteiger partial charge in [-0.15, -0.1) is 0 Å². The molecule has 4 aromatic rings. The second-order valence-corrected chi connectivity index (χ2v) is 11.7. The zero-order valence-corrected chi connectivity index (χ0v) is 18.0. The van der Waals surface area contributed by atoms with E-state index in [9.17, 15) is 0 Å². The molecule has 0 aliphatic carbocycles. The second kappa shape index (κ2) is 9.02. The van der Waals surface area contributed by atoms with E-state index in [0.29, 0.717) is 0 Å². The van der Waals surface area contributed by atoms with Gasteiger partial charge in [0.15, 0.2) is 0 Å². The summed E-state index contributed by atoms with van der Waals surface area (Å²) in [6.45, 7) is 2.17. The van der Waals surface area contributed by atoms with Crippen LogP contribution in [-0.2, 0) is 6.42 Å².